The Labute approximate surface area is 173 Å². The van der Waals surface area contributed by atoms with Crippen LogP contribution in [0.15, 0.2) is 18.2 Å². The molecule has 0 aromatic heterocycles. The van der Waals surface area contributed by atoms with Crippen LogP contribution >= 0.6 is 0 Å². The molecule has 9 heteroatoms. The average molecular weight is 429 g/mol. The van der Waals surface area contributed by atoms with Gasteiger partial charge in [0.1, 0.15) is 0 Å². The molecule has 0 aliphatic carbocycles. The molecule has 2 amide bonds. The van der Waals surface area contributed by atoms with Gasteiger partial charge in [-0.25, -0.2) is 4.79 Å². The smallest absolute Gasteiger partial charge is 0.318 e. The third-order valence-electron chi connectivity index (χ3n) is 4.39. The zero-order valence-electron chi connectivity index (χ0n) is 17.9. The Hall–Kier alpha value is -2.00. The van der Waals surface area contributed by atoms with E-state index in [1.165, 1.54) is 14.0 Å². The first kappa shape index (κ1) is 23.3. The Kier molecular flexibility index (Phi) is 7.76. The largest absolute Gasteiger partial charge is 0.493 e. The Bertz CT molecular complexity index is 798. The van der Waals surface area contributed by atoms with Crippen LogP contribution in [0.1, 0.15) is 46.1 Å². The summed E-state index contributed by atoms with van der Waals surface area (Å²) in [6.07, 6.45) is 1.88. The van der Waals surface area contributed by atoms with Crippen LogP contribution in [0.2, 0.25) is 0 Å². The lowest BCUT2D eigenvalue weighted by Crippen LogP contribution is -2.50. The van der Waals surface area contributed by atoms with Gasteiger partial charge in [0.2, 0.25) is 0 Å². The summed E-state index contributed by atoms with van der Waals surface area (Å²) in [5.74, 6) is 0.273. The molecule has 1 aromatic carbocycles. The maximum Gasteiger partial charge on any atom is 0.318 e. The maximum atomic E-state index is 12.8. The summed E-state index contributed by atoms with van der Waals surface area (Å²) >= 11 is 0. The Morgan fingerprint density at radius 2 is 2.03 bits per heavy atom. The van der Waals surface area contributed by atoms with E-state index in [1.807, 2.05) is 20.8 Å². The molecule has 1 atom stereocenters. The van der Waals surface area contributed by atoms with Crippen molar-refractivity contribution >= 4 is 16.1 Å². The van der Waals surface area contributed by atoms with Crippen molar-refractivity contribution in [3.05, 3.63) is 23.8 Å². The van der Waals surface area contributed by atoms with E-state index in [1.54, 1.807) is 23.1 Å². The summed E-state index contributed by atoms with van der Waals surface area (Å²) in [6, 6.07) is 4.82. The first-order chi connectivity index (χ1) is 13.5. The highest BCUT2D eigenvalue weighted by molar-refractivity contribution is 7.87. The van der Waals surface area contributed by atoms with Crippen molar-refractivity contribution in [3.63, 3.8) is 0 Å². The number of benzene rings is 1. The van der Waals surface area contributed by atoms with Crippen LogP contribution in [0.25, 0.3) is 0 Å². The number of hydrogen-bond acceptors (Lipinski definition) is 6. The number of carbonyl (C=O) groups is 1. The summed E-state index contributed by atoms with van der Waals surface area (Å²) in [5, 5.41) is 2.98. The molecular weight excluding hydrogens is 396 g/mol. The molecule has 0 radical (unpaired) electrons. The van der Waals surface area contributed by atoms with Crippen LogP contribution in [0.4, 0.5) is 4.79 Å². The molecule has 2 rings (SSSR count). The highest BCUT2D eigenvalue weighted by Crippen LogP contribution is 2.30. The van der Waals surface area contributed by atoms with Crippen molar-refractivity contribution in [2.45, 2.75) is 58.7 Å². The summed E-state index contributed by atoms with van der Waals surface area (Å²) in [4.78, 5) is 14.5. The fourth-order valence-electron chi connectivity index (χ4n) is 2.95. The predicted molar refractivity (Wildman–Crippen MR) is 111 cm³/mol. The number of urea groups is 1. The van der Waals surface area contributed by atoms with Crippen molar-refractivity contribution in [1.82, 2.24) is 10.2 Å². The molecule has 0 bridgehead atoms. The van der Waals surface area contributed by atoms with Crippen LogP contribution in [-0.4, -0.2) is 57.0 Å². The second-order valence-electron chi connectivity index (χ2n) is 8.11. The summed E-state index contributed by atoms with van der Waals surface area (Å²) in [6.45, 7) is 8.71. The molecule has 0 spiro atoms. The zero-order chi connectivity index (χ0) is 21.7. The third kappa shape index (κ3) is 7.40. The number of hydrogen-bond donors (Lipinski definition) is 1. The predicted octanol–water partition coefficient (Wildman–Crippen LogP) is 2.91. The molecule has 0 unspecified atom stereocenters. The molecule has 1 aromatic rings. The monoisotopic (exact) mass is 428 g/mol. The van der Waals surface area contributed by atoms with Gasteiger partial charge in [-0.2, -0.15) is 8.42 Å². The van der Waals surface area contributed by atoms with Gasteiger partial charge in [0.05, 0.1) is 19.0 Å². The second kappa shape index (κ2) is 9.67. The molecule has 1 heterocycles. The van der Waals surface area contributed by atoms with E-state index in [2.05, 4.69) is 5.32 Å². The molecule has 1 aliphatic heterocycles. The lowest BCUT2D eigenvalue weighted by Gasteiger charge is -2.30. The molecule has 29 heavy (non-hydrogen) atoms. The first-order valence-electron chi connectivity index (χ1n) is 9.80. The minimum Gasteiger partial charge on any atom is -0.493 e. The van der Waals surface area contributed by atoms with Gasteiger partial charge in [-0.15, -0.1) is 0 Å². The number of amides is 2. The fourth-order valence-corrected chi connectivity index (χ4v) is 3.48. The van der Waals surface area contributed by atoms with Gasteiger partial charge >= 0.3 is 16.1 Å². The van der Waals surface area contributed by atoms with Crippen LogP contribution < -0.4 is 14.2 Å². The van der Waals surface area contributed by atoms with Crippen LogP contribution in [0.5, 0.6) is 11.5 Å². The molecule has 0 saturated carbocycles. The summed E-state index contributed by atoms with van der Waals surface area (Å²) < 4.78 is 39.9. The normalized spacial score (nSPS) is 17.1. The molecule has 164 valence electrons. The fraction of sp³-hybridized carbons (Fsp3) is 0.650. The molecule has 1 saturated heterocycles. The van der Waals surface area contributed by atoms with E-state index >= 15 is 0 Å². The number of methoxy groups -OCH3 is 1. The topological polar surface area (TPSA) is 94.2 Å². The average Bonchev–Trinajstić information content (AvgIpc) is 3.13. The number of carbonyl (C=O) groups excluding carboxylic acids is 1. The van der Waals surface area contributed by atoms with Crippen molar-refractivity contribution in [2.24, 2.45) is 0 Å². The number of nitrogens with one attached hydrogen (secondary N) is 1. The lowest BCUT2D eigenvalue weighted by atomic mass is 10.1. The van der Waals surface area contributed by atoms with E-state index in [0.29, 0.717) is 18.9 Å². The van der Waals surface area contributed by atoms with Crippen LogP contribution in [0, 0.1) is 0 Å². The standard InChI is InChI=1S/C20H32N2O6S/c1-6-29(24,25)28-18-12-15(9-10-17(18)26-5)13-22(14-16-8-7-11-27-16)19(23)21-20(2,3)4/h9-10,12,16H,6-8,11,13-14H2,1-5H3,(H,21,23)/t16-/m0/s1. The van der Waals surface area contributed by atoms with Crippen molar-refractivity contribution in [3.8, 4) is 11.5 Å². The minimum atomic E-state index is -3.70. The third-order valence-corrected chi connectivity index (χ3v) is 5.53. The number of ether oxygens (including phenoxy) is 2. The van der Waals surface area contributed by atoms with Gasteiger partial charge in [0.25, 0.3) is 0 Å². The number of nitrogens with zero attached hydrogens (tertiary/aromatic N) is 1. The minimum absolute atomic E-state index is 0.00448. The second-order valence-corrected chi connectivity index (χ2v) is 9.97. The van der Waals surface area contributed by atoms with E-state index < -0.39 is 10.1 Å². The van der Waals surface area contributed by atoms with Crippen LogP contribution in [-0.2, 0) is 21.4 Å². The Morgan fingerprint density at radius 1 is 1.31 bits per heavy atom. The molecule has 1 N–H and O–H groups in total. The molecule has 1 aliphatic rings. The summed E-state index contributed by atoms with van der Waals surface area (Å²) in [5.41, 5.74) is 0.351. The van der Waals surface area contributed by atoms with E-state index in [4.69, 9.17) is 13.7 Å². The van der Waals surface area contributed by atoms with Crippen molar-refractivity contribution in [2.75, 3.05) is 26.0 Å². The highest BCUT2D eigenvalue weighted by Gasteiger charge is 2.26. The van der Waals surface area contributed by atoms with E-state index in [-0.39, 0.29) is 35.7 Å². The van der Waals surface area contributed by atoms with Gasteiger partial charge in [-0.1, -0.05) is 6.07 Å². The SMILES string of the molecule is CCS(=O)(=O)Oc1cc(CN(C[C@@H]2CCCO2)C(=O)NC(C)(C)C)ccc1OC. The first-order valence-corrected chi connectivity index (χ1v) is 11.4. The van der Waals surface area contributed by atoms with E-state index in [0.717, 1.165) is 18.4 Å². The Morgan fingerprint density at radius 3 is 2.59 bits per heavy atom. The van der Waals surface area contributed by atoms with Gasteiger partial charge in [0.15, 0.2) is 11.5 Å². The van der Waals surface area contributed by atoms with Crippen molar-refractivity contribution < 1.29 is 26.9 Å². The lowest BCUT2D eigenvalue weighted by molar-refractivity contribution is 0.0782. The quantitative estimate of drug-likeness (QED) is 0.640. The number of rotatable bonds is 8. The van der Waals surface area contributed by atoms with Crippen LogP contribution in [0.3, 0.4) is 0 Å². The summed E-state index contributed by atoms with van der Waals surface area (Å²) in [7, 11) is -2.26. The molecule has 8 nitrogen and oxygen atoms in total. The van der Waals surface area contributed by atoms with Crippen molar-refractivity contribution in [1.29, 1.82) is 0 Å². The van der Waals surface area contributed by atoms with Gasteiger partial charge in [-0.3, -0.25) is 0 Å². The zero-order valence-corrected chi connectivity index (χ0v) is 18.7. The maximum absolute atomic E-state index is 12.8. The van der Waals surface area contributed by atoms with Gasteiger partial charge < -0.3 is 23.9 Å². The Balaban J connectivity index is 2.25. The molecule has 1 fully saturated rings. The molecular formula is C20H32N2O6S. The van der Waals surface area contributed by atoms with Gasteiger partial charge in [0, 0.05) is 25.2 Å². The highest BCUT2D eigenvalue weighted by atomic mass is 32.2. The van der Waals surface area contributed by atoms with E-state index in [9.17, 15) is 13.2 Å². The van der Waals surface area contributed by atoms with Gasteiger partial charge in [-0.05, 0) is 58.2 Å².